The van der Waals surface area contributed by atoms with E-state index in [-0.39, 0.29) is 11.8 Å². The van der Waals surface area contributed by atoms with E-state index in [0.29, 0.717) is 6.54 Å². The van der Waals surface area contributed by atoms with E-state index >= 15 is 0 Å². The highest BCUT2D eigenvalue weighted by Gasteiger charge is 2.18. The van der Waals surface area contributed by atoms with Crippen molar-refractivity contribution in [2.75, 3.05) is 13.1 Å². The van der Waals surface area contributed by atoms with Crippen LogP contribution in [-0.4, -0.2) is 23.9 Å². The van der Waals surface area contributed by atoms with Crippen LogP contribution in [0.1, 0.15) is 26.7 Å². The minimum atomic E-state index is 0.0455. The second-order valence-electron chi connectivity index (χ2n) is 3.58. The fourth-order valence-electron chi connectivity index (χ4n) is 1.72. The van der Waals surface area contributed by atoms with E-state index in [2.05, 4.69) is 6.07 Å². The van der Waals surface area contributed by atoms with Crippen LogP contribution in [-0.2, 0) is 4.79 Å². The molecule has 1 aliphatic rings. The van der Waals surface area contributed by atoms with Gasteiger partial charge in [0, 0.05) is 20.0 Å². The summed E-state index contributed by atoms with van der Waals surface area (Å²) in [6, 6.07) is 2.29. The van der Waals surface area contributed by atoms with Crippen molar-refractivity contribution in [2.24, 2.45) is 5.92 Å². The molecule has 0 aromatic carbocycles. The molecule has 76 valence electrons. The molecule has 1 heterocycles. The van der Waals surface area contributed by atoms with Gasteiger partial charge in [0.2, 0.25) is 5.91 Å². The molecule has 1 unspecified atom stereocenters. The molecule has 14 heavy (non-hydrogen) atoms. The Morgan fingerprint density at radius 2 is 2.50 bits per heavy atom. The topological polar surface area (TPSA) is 44.1 Å². The Morgan fingerprint density at radius 3 is 2.86 bits per heavy atom. The highest BCUT2D eigenvalue weighted by Crippen LogP contribution is 2.21. The molecule has 0 radical (unpaired) electrons. The zero-order valence-electron chi connectivity index (χ0n) is 8.79. The lowest BCUT2D eigenvalue weighted by molar-refractivity contribution is -0.128. The zero-order valence-corrected chi connectivity index (χ0v) is 8.79. The molecule has 0 spiro atoms. The molecule has 0 saturated carbocycles. The Hall–Kier alpha value is -1.30. The van der Waals surface area contributed by atoms with Gasteiger partial charge in [0.25, 0.3) is 0 Å². The van der Waals surface area contributed by atoms with Crippen LogP contribution in [0.25, 0.3) is 0 Å². The number of hydrogen-bond donors (Lipinski definition) is 0. The van der Waals surface area contributed by atoms with Gasteiger partial charge in [0.1, 0.15) is 0 Å². The molecule has 0 aromatic heterocycles. The molecule has 0 aromatic rings. The fraction of sp³-hybridized carbons (Fsp3) is 0.636. The summed E-state index contributed by atoms with van der Waals surface area (Å²) in [5.74, 6) is 0.161. The molecular formula is C11H16N2O. The molecule has 1 aliphatic heterocycles. The minimum absolute atomic E-state index is 0.0455. The Bertz CT molecular complexity index is 288. The van der Waals surface area contributed by atoms with Gasteiger partial charge in [0.15, 0.2) is 0 Å². The van der Waals surface area contributed by atoms with Crippen molar-refractivity contribution in [3.63, 3.8) is 0 Å². The van der Waals surface area contributed by atoms with E-state index in [0.717, 1.165) is 19.4 Å². The number of carbonyl (C=O) groups is 1. The van der Waals surface area contributed by atoms with E-state index in [1.807, 2.05) is 13.0 Å². The largest absolute Gasteiger partial charge is 0.339 e. The standard InChI is InChI=1S/C11H16N2O/c1-3-10(8-12)11-4-6-13(7-5-11)9(2)14/h4,10H,3,5-7H2,1-2H3. The molecule has 1 rings (SSSR count). The van der Waals surface area contributed by atoms with Crippen LogP contribution in [0.15, 0.2) is 11.6 Å². The molecule has 0 aliphatic carbocycles. The van der Waals surface area contributed by atoms with Crippen LogP contribution < -0.4 is 0 Å². The normalized spacial score (nSPS) is 18.4. The summed E-state index contributed by atoms with van der Waals surface area (Å²) >= 11 is 0. The first kappa shape index (κ1) is 10.8. The Kier molecular flexibility index (Phi) is 3.70. The first-order valence-corrected chi connectivity index (χ1v) is 5.03. The second-order valence-corrected chi connectivity index (χ2v) is 3.58. The third-order valence-electron chi connectivity index (χ3n) is 2.70. The lowest BCUT2D eigenvalue weighted by Gasteiger charge is -2.26. The first-order valence-electron chi connectivity index (χ1n) is 5.03. The van der Waals surface area contributed by atoms with Gasteiger partial charge < -0.3 is 4.90 Å². The smallest absolute Gasteiger partial charge is 0.219 e. The van der Waals surface area contributed by atoms with Crippen LogP contribution in [0, 0.1) is 17.2 Å². The van der Waals surface area contributed by atoms with Gasteiger partial charge in [-0.3, -0.25) is 4.79 Å². The van der Waals surface area contributed by atoms with E-state index in [4.69, 9.17) is 5.26 Å². The van der Waals surface area contributed by atoms with Crippen LogP contribution in [0.4, 0.5) is 0 Å². The fourth-order valence-corrected chi connectivity index (χ4v) is 1.72. The van der Waals surface area contributed by atoms with Crippen molar-refractivity contribution in [1.82, 2.24) is 4.90 Å². The molecular weight excluding hydrogens is 176 g/mol. The van der Waals surface area contributed by atoms with Crippen LogP contribution in [0.2, 0.25) is 0 Å². The molecule has 3 nitrogen and oxygen atoms in total. The van der Waals surface area contributed by atoms with Crippen molar-refractivity contribution in [3.05, 3.63) is 11.6 Å². The number of hydrogen-bond acceptors (Lipinski definition) is 2. The van der Waals surface area contributed by atoms with E-state index < -0.39 is 0 Å². The summed E-state index contributed by atoms with van der Waals surface area (Å²) in [7, 11) is 0. The van der Waals surface area contributed by atoms with Crippen LogP contribution >= 0.6 is 0 Å². The van der Waals surface area contributed by atoms with Gasteiger partial charge in [-0.25, -0.2) is 0 Å². The summed E-state index contributed by atoms with van der Waals surface area (Å²) in [6.45, 7) is 5.04. The number of nitrogens with zero attached hydrogens (tertiary/aromatic N) is 2. The monoisotopic (exact) mass is 192 g/mol. The SMILES string of the molecule is CCC(C#N)C1=CCN(C(C)=O)CC1. The van der Waals surface area contributed by atoms with Gasteiger partial charge in [-0.2, -0.15) is 5.26 Å². The summed E-state index contributed by atoms with van der Waals surface area (Å²) in [6.07, 6.45) is 3.75. The average molecular weight is 192 g/mol. The number of carbonyl (C=O) groups excluding carboxylic acids is 1. The summed E-state index contributed by atoms with van der Waals surface area (Å²) in [4.78, 5) is 12.8. The Morgan fingerprint density at radius 1 is 1.79 bits per heavy atom. The molecule has 3 heteroatoms. The van der Waals surface area contributed by atoms with E-state index in [1.54, 1.807) is 11.8 Å². The lowest BCUT2D eigenvalue weighted by atomic mass is 9.93. The maximum Gasteiger partial charge on any atom is 0.219 e. The molecule has 0 saturated heterocycles. The summed E-state index contributed by atoms with van der Waals surface area (Å²) < 4.78 is 0. The zero-order chi connectivity index (χ0) is 10.6. The van der Waals surface area contributed by atoms with Crippen molar-refractivity contribution in [3.8, 4) is 6.07 Å². The maximum atomic E-state index is 11.0. The third kappa shape index (κ3) is 2.35. The van der Waals surface area contributed by atoms with Crippen LogP contribution in [0.5, 0.6) is 0 Å². The second kappa shape index (κ2) is 4.80. The molecule has 0 N–H and O–H groups in total. The van der Waals surface area contributed by atoms with Crippen LogP contribution in [0.3, 0.4) is 0 Å². The van der Waals surface area contributed by atoms with Gasteiger partial charge >= 0.3 is 0 Å². The van der Waals surface area contributed by atoms with Gasteiger partial charge in [-0.15, -0.1) is 0 Å². The third-order valence-corrected chi connectivity index (χ3v) is 2.70. The van der Waals surface area contributed by atoms with E-state index in [1.165, 1.54) is 5.57 Å². The molecule has 1 atom stereocenters. The quantitative estimate of drug-likeness (QED) is 0.625. The molecule has 1 amide bonds. The summed E-state index contributed by atoms with van der Waals surface area (Å²) in [5.41, 5.74) is 1.20. The first-order chi connectivity index (χ1) is 6.69. The lowest BCUT2D eigenvalue weighted by Crippen LogP contribution is -2.33. The summed E-state index contributed by atoms with van der Waals surface area (Å²) in [5, 5.41) is 8.88. The predicted octanol–water partition coefficient (Wildman–Crippen LogP) is 1.71. The molecule has 0 bridgehead atoms. The number of nitriles is 1. The van der Waals surface area contributed by atoms with Crippen molar-refractivity contribution >= 4 is 5.91 Å². The highest BCUT2D eigenvalue weighted by atomic mass is 16.2. The number of rotatable bonds is 2. The maximum absolute atomic E-state index is 11.0. The van der Waals surface area contributed by atoms with Gasteiger partial charge in [0.05, 0.1) is 12.0 Å². The predicted molar refractivity (Wildman–Crippen MR) is 54.3 cm³/mol. The van der Waals surface area contributed by atoms with Crippen molar-refractivity contribution in [2.45, 2.75) is 26.7 Å². The molecule has 0 fully saturated rings. The van der Waals surface area contributed by atoms with Gasteiger partial charge in [-0.1, -0.05) is 18.6 Å². The van der Waals surface area contributed by atoms with Crippen molar-refractivity contribution < 1.29 is 4.79 Å². The van der Waals surface area contributed by atoms with Crippen molar-refractivity contribution in [1.29, 1.82) is 5.26 Å². The highest BCUT2D eigenvalue weighted by molar-refractivity contribution is 5.73. The average Bonchev–Trinajstić information content (AvgIpc) is 2.20. The Balaban J connectivity index is 2.61. The number of amides is 1. The Labute approximate surface area is 85.0 Å². The van der Waals surface area contributed by atoms with Gasteiger partial charge in [-0.05, 0) is 12.8 Å². The van der Waals surface area contributed by atoms with E-state index in [9.17, 15) is 4.79 Å². The minimum Gasteiger partial charge on any atom is -0.339 e.